The number of rotatable bonds is 15. The van der Waals surface area contributed by atoms with Crippen LogP contribution in [-0.2, 0) is 0 Å². The molecule has 0 unspecified atom stereocenters. The van der Waals surface area contributed by atoms with Gasteiger partial charge in [-0.3, -0.25) is 0 Å². The van der Waals surface area contributed by atoms with Crippen LogP contribution < -0.4 is 0 Å². The second-order valence-corrected chi connectivity index (χ2v) is 6.06. The lowest BCUT2D eigenvalue weighted by atomic mass is 10.1. The van der Waals surface area contributed by atoms with Crippen molar-refractivity contribution in [2.45, 2.75) is 97.8 Å². The van der Waals surface area contributed by atoms with Crippen LogP contribution in [-0.4, -0.2) is 11.4 Å². The molecule has 0 amide bonds. The first kappa shape index (κ1) is 20.3. The molecule has 124 valence electrons. The zero-order valence-corrected chi connectivity index (χ0v) is 14.9. The molecule has 0 atom stereocenters. The third kappa shape index (κ3) is 15.5. The summed E-state index contributed by atoms with van der Waals surface area (Å²) >= 11 is 0. The van der Waals surface area contributed by atoms with Gasteiger partial charge < -0.3 is 4.90 Å². The molecule has 0 N–H and O–H groups in total. The Morgan fingerprint density at radius 1 is 0.571 bits per heavy atom. The molecule has 0 saturated carbocycles. The summed E-state index contributed by atoms with van der Waals surface area (Å²) in [6.07, 6.45) is 25.2. The second-order valence-electron chi connectivity index (χ2n) is 6.06. The highest BCUT2D eigenvalue weighted by molar-refractivity contribution is 4.92. The summed E-state index contributed by atoms with van der Waals surface area (Å²) in [5, 5.41) is 0. The first-order chi connectivity index (χ1) is 10.3. The summed E-state index contributed by atoms with van der Waals surface area (Å²) in [5.41, 5.74) is 0. The molecule has 0 aliphatic heterocycles. The smallest absolute Gasteiger partial charge is 0.0219 e. The molecule has 0 radical (unpaired) electrons. The molecule has 0 aromatic carbocycles. The molecule has 21 heavy (non-hydrogen) atoms. The van der Waals surface area contributed by atoms with E-state index in [1.165, 1.54) is 77.0 Å². The maximum atomic E-state index is 2.38. The van der Waals surface area contributed by atoms with E-state index >= 15 is 0 Å². The molecule has 0 aromatic rings. The number of hydrogen-bond acceptors (Lipinski definition) is 1. The van der Waals surface area contributed by atoms with Crippen molar-refractivity contribution in [2.75, 3.05) is 6.54 Å². The van der Waals surface area contributed by atoms with E-state index in [-0.39, 0.29) is 0 Å². The molecule has 0 bridgehead atoms. The first-order valence-electron chi connectivity index (χ1n) is 9.44. The Bertz CT molecular complexity index is 220. The third-order valence-electron chi connectivity index (χ3n) is 3.81. The predicted molar refractivity (Wildman–Crippen MR) is 97.4 cm³/mol. The summed E-state index contributed by atoms with van der Waals surface area (Å²) in [4.78, 5) is 2.38. The standard InChI is InChI=1S/C20H39N/c1-4-7-10-12-14-16-19-21(18-9-6-3)20-17-15-13-11-8-5-2/h16-17,19-20H,4-15,18H2,1-3H3. The van der Waals surface area contributed by atoms with E-state index < -0.39 is 0 Å². The fourth-order valence-corrected chi connectivity index (χ4v) is 2.34. The van der Waals surface area contributed by atoms with E-state index in [1.807, 2.05) is 0 Å². The maximum absolute atomic E-state index is 2.38. The summed E-state index contributed by atoms with van der Waals surface area (Å²) in [5.74, 6) is 0. The van der Waals surface area contributed by atoms with Crippen molar-refractivity contribution in [1.29, 1.82) is 0 Å². The van der Waals surface area contributed by atoms with Gasteiger partial charge in [0.2, 0.25) is 0 Å². The number of allylic oxidation sites excluding steroid dienone is 2. The third-order valence-corrected chi connectivity index (χ3v) is 3.81. The fraction of sp³-hybridized carbons (Fsp3) is 0.800. The van der Waals surface area contributed by atoms with Crippen molar-refractivity contribution in [3.8, 4) is 0 Å². The summed E-state index contributed by atoms with van der Waals surface area (Å²) in [7, 11) is 0. The normalized spacial score (nSPS) is 11.8. The minimum atomic E-state index is 1.16. The van der Waals surface area contributed by atoms with Crippen molar-refractivity contribution in [2.24, 2.45) is 0 Å². The largest absolute Gasteiger partial charge is 0.355 e. The minimum absolute atomic E-state index is 1.16. The van der Waals surface area contributed by atoms with Gasteiger partial charge in [0.05, 0.1) is 0 Å². The Morgan fingerprint density at radius 2 is 1.05 bits per heavy atom. The van der Waals surface area contributed by atoms with Gasteiger partial charge >= 0.3 is 0 Å². The molecule has 0 spiro atoms. The monoisotopic (exact) mass is 293 g/mol. The summed E-state index contributed by atoms with van der Waals surface area (Å²) in [6.45, 7) is 7.97. The molecule has 0 fully saturated rings. The van der Waals surface area contributed by atoms with Crippen LogP contribution in [0.5, 0.6) is 0 Å². The van der Waals surface area contributed by atoms with E-state index in [4.69, 9.17) is 0 Å². The van der Waals surface area contributed by atoms with Crippen LogP contribution in [0.2, 0.25) is 0 Å². The van der Waals surface area contributed by atoms with Crippen LogP contribution in [0, 0.1) is 0 Å². The van der Waals surface area contributed by atoms with E-state index in [2.05, 4.69) is 50.2 Å². The topological polar surface area (TPSA) is 3.24 Å². The number of hydrogen-bond donors (Lipinski definition) is 0. The van der Waals surface area contributed by atoms with Crippen molar-refractivity contribution in [3.63, 3.8) is 0 Å². The Morgan fingerprint density at radius 3 is 1.48 bits per heavy atom. The Kier molecular flexibility index (Phi) is 16.7. The average molecular weight is 294 g/mol. The zero-order chi connectivity index (χ0) is 15.6. The molecule has 0 aliphatic carbocycles. The van der Waals surface area contributed by atoms with Crippen molar-refractivity contribution < 1.29 is 0 Å². The van der Waals surface area contributed by atoms with Crippen molar-refractivity contribution in [1.82, 2.24) is 4.90 Å². The van der Waals surface area contributed by atoms with Crippen LogP contribution in [0.25, 0.3) is 0 Å². The molecular formula is C20H39N. The maximum Gasteiger partial charge on any atom is 0.0219 e. The Balaban J connectivity index is 3.89. The van der Waals surface area contributed by atoms with Gasteiger partial charge in [0, 0.05) is 6.54 Å². The summed E-state index contributed by atoms with van der Waals surface area (Å²) in [6, 6.07) is 0. The highest BCUT2D eigenvalue weighted by atomic mass is 15.1. The minimum Gasteiger partial charge on any atom is -0.355 e. The zero-order valence-electron chi connectivity index (χ0n) is 14.9. The molecule has 0 aliphatic rings. The SMILES string of the molecule is CCCCCCC=CN(C=CCCCCCC)CCCC. The van der Waals surface area contributed by atoms with Gasteiger partial charge in [-0.2, -0.15) is 0 Å². The van der Waals surface area contributed by atoms with Gasteiger partial charge in [-0.05, 0) is 44.5 Å². The lowest BCUT2D eigenvalue weighted by Gasteiger charge is -2.15. The van der Waals surface area contributed by atoms with Gasteiger partial charge in [-0.25, -0.2) is 0 Å². The highest BCUT2D eigenvalue weighted by Crippen LogP contribution is 2.06. The Hall–Kier alpha value is -0.720. The molecule has 0 saturated heterocycles. The lowest BCUT2D eigenvalue weighted by molar-refractivity contribution is 0.480. The quantitative estimate of drug-likeness (QED) is 0.292. The van der Waals surface area contributed by atoms with Crippen LogP contribution in [0.15, 0.2) is 24.6 Å². The van der Waals surface area contributed by atoms with E-state index in [9.17, 15) is 0 Å². The average Bonchev–Trinajstić information content (AvgIpc) is 2.50. The number of nitrogens with zero attached hydrogens (tertiary/aromatic N) is 1. The van der Waals surface area contributed by atoms with Crippen LogP contribution in [0.4, 0.5) is 0 Å². The molecule has 0 aromatic heterocycles. The molecule has 0 rings (SSSR count). The van der Waals surface area contributed by atoms with Gasteiger partial charge in [0.15, 0.2) is 0 Å². The molecule has 0 heterocycles. The van der Waals surface area contributed by atoms with Gasteiger partial charge in [-0.15, -0.1) is 0 Å². The first-order valence-corrected chi connectivity index (χ1v) is 9.44. The highest BCUT2D eigenvalue weighted by Gasteiger charge is 1.93. The van der Waals surface area contributed by atoms with Gasteiger partial charge in [0.25, 0.3) is 0 Å². The summed E-state index contributed by atoms with van der Waals surface area (Å²) < 4.78 is 0. The fourth-order valence-electron chi connectivity index (χ4n) is 2.34. The van der Waals surface area contributed by atoms with E-state index in [1.54, 1.807) is 0 Å². The number of unbranched alkanes of at least 4 members (excludes halogenated alkanes) is 9. The van der Waals surface area contributed by atoms with Crippen LogP contribution >= 0.6 is 0 Å². The molecular weight excluding hydrogens is 254 g/mol. The van der Waals surface area contributed by atoms with Gasteiger partial charge in [0.1, 0.15) is 0 Å². The second kappa shape index (κ2) is 17.3. The Labute approximate surface area is 134 Å². The van der Waals surface area contributed by atoms with E-state index in [0.29, 0.717) is 0 Å². The van der Waals surface area contributed by atoms with E-state index in [0.717, 1.165) is 6.54 Å². The van der Waals surface area contributed by atoms with Crippen LogP contribution in [0.1, 0.15) is 97.8 Å². The van der Waals surface area contributed by atoms with Gasteiger partial charge in [-0.1, -0.05) is 77.9 Å². The van der Waals surface area contributed by atoms with Crippen molar-refractivity contribution >= 4 is 0 Å². The molecule has 1 heteroatoms. The lowest BCUT2D eigenvalue weighted by Crippen LogP contribution is -2.10. The van der Waals surface area contributed by atoms with Crippen LogP contribution in [0.3, 0.4) is 0 Å². The predicted octanol–water partition coefficient (Wildman–Crippen LogP) is 7.06. The molecule has 1 nitrogen and oxygen atoms in total. The van der Waals surface area contributed by atoms with Crippen molar-refractivity contribution in [3.05, 3.63) is 24.6 Å².